The topological polar surface area (TPSA) is 36.9 Å². The molecule has 2 aliphatic heterocycles. The average molecular weight is 315 g/mol. The highest BCUT2D eigenvalue weighted by Gasteiger charge is 2.36. The van der Waals surface area contributed by atoms with Gasteiger partial charge in [0.1, 0.15) is 11.4 Å². The molecule has 126 valence electrons. The highest BCUT2D eigenvalue weighted by molar-refractivity contribution is 5.89. The Balaban J connectivity index is 1.69. The number of likely N-dealkylation sites (tertiary alicyclic amines) is 1. The Labute approximate surface area is 139 Å². The van der Waals surface area contributed by atoms with Crippen molar-refractivity contribution in [2.45, 2.75) is 52.2 Å². The number of nitrogens with zero attached hydrogens (tertiary/aromatic N) is 2. The summed E-state index contributed by atoms with van der Waals surface area (Å²) >= 11 is 0. The number of hydrogen-bond donors (Lipinski definition) is 1. The van der Waals surface area contributed by atoms with E-state index in [9.17, 15) is 0 Å². The Morgan fingerprint density at radius 1 is 1.26 bits per heavy atom. The first-order chi connectivity index (χ1) is 11.0. The van der Waals surface area contributed by atoms with Crippen LogP contribution in [-0.2, 0) is 0 Å². The minimum absolute atomic E-state index is 0.159. The molecule has 0 spiro atoms. The van der Waals surface area contributed by atoms with Crippen LogP contribution in [0.2, 0.25) is 0 Å². The van der Waals surface area contributed by atoms with E-state index in [0.717, 1.165) is 25.3 Å². The maximum Gasteiger partial charge on any atom is 0.120 e. The summed E-state index contributed by atoms with van der Waals surface area (Å²) in [6.07, 6.45) is 2.31. The van der Waals surface area contributed by atoms with E-state index in [1.54, 1.807) is 0 Å². The highest BCUT2D eigenvalue weighted by atomic mass is 16.5. The fourth-order valence-corrected chi connectivity index (χ4v) is 3.53. The van der Waals surface area contributed by atoms with Crippen LogP contribution in [0.25, 0.3) is 0 Å². The largest absolute Gasteiger partial charge is 0.488 e. The Morgan fingerprint density at radius 3 is 2.65 bits per heavy atom. The molecule has 2 atom stereocenters. The average Bonchev–Trinajstić information content (AvgIpc) is 2.90. The van der Waals surface area contributed by atoms with Crippen molar-refractivity contribution in [2.24, 2.45) is 11.0 Å². The van der Waals surface area contributed by atoms with E-state index in [0.29, 0.717) is 12.0 Å². The van der Waals surface area contributed by atoms with Gasteiger partial charge in [-0.2, -0.15) is 5.10 Å². The van der Waals surface area contributed by atoms with Gasteiger partial charge < -0.3 is 15.1 Å². The zero-order valence-electron chi connectivity index (χ0n) is 14.8. The second kappa shape index (κ2) is 6.52. The van der Waals surface area contributed by atoms with Gasteiger partial charge in [-0.3, -0.25) is 0 Å². The van der Waals surface area contributed by atoms with Crippen molar-refractivity contribution in [1.29, 1.82) is 0 Å². The van der Waals surface area contributed by atoms with Crippen LogP contribution in [0.1, 0.15) is 52.1 Å². The number of hydrazone groups is 1. The fraction of sp³-hybridized carbons (Fsp3) is 0.632. The van der Waals surface area contributed by atoms with E-state index in [1.165, 1.54) is 24.2 Å². The molecule has 0 amide bonds. The van der Waals surface area contributed by atoms with Crippen molar-refractivity contribution >= 4 is 5.71 Å². The minimum atomic E-state index is -0.159. The molecule has 1 fully saturated rings. The molecule has 1 aromatic carbocycles. The smallest absolute Gasteiger partial charge is 0.120 e. The molecule has 3 rings (SSSR count). The third kappa shape index (κ3) is 3.86. The summed E-state index contributed by atoms with van der Waals surface area (Å²) in [5, 5.41) is 4.60. The molecule has 0 aromatic heterocycles. The molecular formula is C19H29N3O. The summed E-state index contributed by atoms with van der Waals surface area (Å²) in [4.78, 5) is 2.57. The van der Waals surface area contributed by atoms with Gasteiger partial charge in [-0.25, -0.2) is 0 Å². The molecule has 0 saturated carbocycles. The summed E-state index contributed by atoms with van der Waals surface area (Å²) in [6.45, 7) is 11.9. The van der Waals surface area contributed by atoms with Crippen molar-refractivity contribution < 1.29 is 4.74 Å². The van der Waals surface area contributed by atoms with Gasteiger partial charge in [0.15, 0.2) is 0 Å². The zero-order chi connectivity index (χ0) is 16.4. The zero-order valence-corrected chi connectivity index (χ0v) is 14.8. The normalized spacial score (nSPS) is 24.8. The van der Waals surface area contributed by atoms with Gasteiger partial charge in [0.25, 0.3) is 0 Å². The molecule has 4 heteroatoms. The minimum Gasteiger partial charge on any atom is -0.488 e. The summed E-state index contributed by atoms with van der Waals surface area (Å²) in [7, 11) is 0. The molecule has 1 aromatic rings. The Kier molecular flexibility index (Phi) is 4.62. The molecule has 0 bridgehead atoms. The second-order valence-electron chi connectivity index (χ2n) is 7.65. The predicted octanol–water partition coefficient (Wildman–Crippen LogP) is 3.60. The lowest BCUT2D eigenvalue weighted by atomic mass is 9.86. The number of piperidine rings is 1. The van der Waals surface area contributed by atoms with E-state index in [-0.39, 0.29) is 5.60 Å². The first kappa shape index (κ1) is 16.3. The number of benzene rings is 1. The number of ether oxygens (including phenoxy) is 1. The van der Waals surface area contributed by atoms with Crippen molar-refractivity contribution in [3.05, 3.63) is 29.8 Å². The number of hydrogen-bond acceptors (Lipinski definition) is 4. The molecule has 1 saturated heterocycles. The van der Waals surface area contributed by atoms with E-state index in [2.05, 4.69) is 67.4 Å². The van der Waals surface area contributed by atoms with Crippen LogP contribution in [-0.4, -0.2) is 35.8 Å². The molecule has 0 aliphatic carbocycles. The molecule has 2 unspecified atom stereocenters. The first-order valence-electron chi connectivity index (χ1n) is 8.79. The van der Waals surface area contributed by atoms with E-state index < -0.39 is 0 Å². The number of nitrogens with one attached hydrogen (secondary N) is 1. The summed E-state index contributed by atoms with van der Waals surface area (Å²) in [5.41, 5.74) is 5.85. The van der Waals surface area contributed by atoms with E-state index in [4.69, 9.17) is 4.74 Å². The van der Waals surface area contributed by atoms with Crippen LogP contribution in [0.3, 0.4) is 0 Å². The Morgan fingerprint density at radius 2 is 2.00 bits per heavy atom. The van der Waals surface area contributed by atoms with Crippen molar-refractivity contribution in [2.75, 3.05) is 19.6 Å². The third-order valence-electron chi connectivity index (χ3n) is 4.52. The standard InChI is InChI=1S/C19H29N3O/c1-5-11-22-12-10-17-16(13-22)18(21-20-17)14-6-8-15(9-7-14)23-19(2,3)4/h6-9,16,18,21H,5,10-13H2,1-4H3. The quantitative estimate of drug-likeness (QED) is 0.922. The monoisotopic (exact) mass is 315 g/mol. The predicted molar refractivity (Wildman–Crippen MR) is 95.0 cm³/mol. The van der Waals surface area contributed by atoms with Crippen LogP contribution in [0.15, 0.2) is 29.4 Å². The summed E-state index contributed by atoms with van der Waals surface area (Å²) in [5.74, 6) is 1.43. The lowest BCUT2D eigenvalue weighted by molar-refractivity contribution is 0.131. The lowest BCUT2D eigenvalue weighted by Crippen LogP contribution is -2.42. The maximum absolute atomic E-state index is 5.92. The first-order valence-corrected chi connectivity index (χ1v) is 8.79. The lowest BCUT2D eigenvalue weighted by Gasteiger charge is -2.33. The summed E-state index contributed by atoms with van der Waals surface area (Å²) in [6, 6.07) is 8.81. The molecule has 4 nitrogen and oxygen atoms in total. The van der Waals surface area contributed by atoms with E-state index >= 15 is 0 Å². The second-order valence-corrected chi connectivity index (χ2v) is 7.65. The molecule has 1 N–H and O–H groups in total. The number of fused-ring (bicyclic) bond motifs is 1. The van der Waals surface area contributed by atoms with Crippen LogP contribution < -0.4 is 10.2 Å². The molecular weight excluding hydrogens is 286 g/mol. The van der Waals surface area contributed by atoms with Gasteiger partial charge in [0.2, 0.25) is 0 Å². The van der Waals surface area contributed by atoms with Crippen LogP contribution >= 0.6 is 0 Å². The molecule has 2 heterocycles. The van der Waals surface area contributed by atoms with Crippen molar-refractivity contribution in [1.82, 2.24) is 10.3 Å². The van der Waals surface area contributed by atoms with Crippen molar-refractivity contribution in [3.63, 3.8) is 0 Å². The fourth-order valence-electron chi connectivity index (χ4n) is 3.53. The third-order valence-corrected chi connectivity index (χ3v) is 4.52. The van der Waals surface area contributed by atoms with Crippen LogP contribution in [0.5, 0.6) is 5.75 Å². The van der Waals surface area contributed by atoms with Gasteiger partial charge in [-0.15, -0.1) is 0 Å². The van der Waals surface area contributed by atoms with Gasteiger partial charge in [0.05, 0.1) is 6.04 Å². The molecule has 2 aliphatic rings. The van der Waals surface area contributed by atoms with Gasteiger partial charge >= 0.3 is 0 Å². The number of rotatable bonds is 4. The molecule has 0 radical (unpaired) electrons. The van der Waals surface area contributed by atoms with Crippen molar-refractivity contribution in [3.8, 4) is 5.75 Å². The summed E-state index contributed by atoms with van der Waals surface area (Å²) < 4.78 is 5.92. The highest BCUT2D eigenvalue weighted by Crippen LogP contribution is 2.33. The SMILES string of the molecule is CCCN1CCC2=NNC(c3ccc(OC(C)(C)C)cc3)C2C1. The van der Waals surface area contributed by atoms with Gasteiger partial charge in [-0.1, -0.05) is 19.1 Å². The van der Waals surface area contributed by atoms with E-state index in [1.807, 2.05) is 0 Å². The maximum atomic E-state index is 5.92. The van der Waals surface area contributed by atoms with Gasteiger partial charge in [0, 0.05) is 31.1 Å². The van der Waals surface area contributed by atoms with Crippen LogP contribution in [0, 0.1) is 5.92 Å². The molecule has 23 heavy (non-hydrogen) atoms. The Hall–Kier alpha value is -1.55. The van der Waals surface area contributed by atoms with Gasteiger partial charge in [-0.05, 0) is 51.4 Å². The van der Waals surface area contributed by atoms with Crippen LogP contribution in [0.4, 0.5) is 0 Å². The Bertz CT molecular complexity index is 559.